The minimum absolute atomic E-state index is 0.0342. The maximum atomic E-state index is 13.7. The van der Waals surface area contributed by atoms with Crippen LogP contribution in [0.5, 0.6) is 0 Å². The smallest absolute Gasteiger partial charge is 0.325 e. The van der Waals surface area contributed by atoms with Crippen molar-refractivity contribution in [2.45, 2.75) is 19.4 Å². The average Bonchev–Trinajstić information content (AvgIpc) is 2.35. The summed E-state index contributed by atoms with van der Waals surface area (Å²) in [6, 6.07) is 2.95. The van der Waals surface area contributed by atoms with E-state index >= 15 is 0 Å². The SMILES string of the molecule is CCOCCCNC(C(=O)O)c1c(F)cccc1Cl. The fraction of sp³-hybridized carbons (Fsp3) is 0.462. The van der Waals surface area contributed by atoms with Crippen LogP contribution < -0.4 is 5.32 Å². The number of benzene rings is 1. The molecule has 4 nitrogen and oxygen atoms in total. The average molecular weight is 290 g/mol. The van der Waals surface area contributed by atoms with Gasteiger partial charge in [-0.15, -0.1) is 0 Å². The first-order valence-corrected chi connectivity index (χ1v) is 6.43. The number of aliphatic carboxylic acids is 1. The third-order valence-corrected chi connectivity index (χ3v) is 2.88. The van der Waals surface area contributed by atoms with Gasteiger partial charge in [0.05, 0.1) is 0 Å². The first-order valence-electron chi connectivity index (χ1n) is 6.05. The Balaban J connectivity index is 2.70. The van der Waals surface area contributed by atoms with Gasteiger partial charge >= 0.3 is 5.97 Å². The summed E-state index contributed by atoms with van der Waals surface area (Å²) < 4.78 is 18.8. The van der Waals surface area contributed by atoms with Crippen molar-refractivity contribution in [3.8, 4) is 0 Å². The van der Waals surface area contributed by atoms with Gasteiger partial charge < -0.3 is 15.2 Å². The molecule has 0 fully saturated rings. The Kier molecular flexibility index (Phi) is 6.77. The van der Waals surface area contributed by atoms with Gasteiger partial charge in [-0.2, -0.15) is 0 Å². The van der Waals surface area contributed by atoms with E-state index in [4.69, 9.17) is 21.4 Å². The van der Waals surface area contributed by atoms with Gasteiger partial charge in [0.25, 0.3) is 0 Å². The molecule has 0 aliphatic heterocycles. The lowest BCUT2D eigenvalue weighted by Crippen LogP contribution is -2.30. The Morgan fingerprint density at radius 3 is 2.89 bits per heavy atom. The standard InChI is InChI=1S/C13H17ClFNO3/c1-2-19-8-4-7-16-12(13(17)18)11-9(14)5-3-6-10(11)15/h3,5-6,12,16H,2,4,7-8H2,1H3,(H,17,18). The van der Waals surface area contributed by atoms with E-state index in [1.165, 1.54) is 18.2 Å². The van der Waals surface area contributed by atoms with Gasteiger partial charge in [0, 0.05) is 23.8 Å². The molecule has 0 saturated carbocycles. The lowest BCUT2D eigenvalue weighted by molar-refractivity contribution is -0.139. The fourth-order valence-electron chi connectivity index (χ4n) is 1.66. The van der Waals surface area contributed by atoms with E-state index in [0.29, 0.717) is 26.2 Å². The quantitative estimate of drug-likeness (QED) is 0.722. The van der Waals surface area contributed by atoms with Gasteiger partial charge in [-0.3, -0.25) is 4.79 Å². The molecule has 0 spiro atoms. The lowest BCUT2D eigenvalue weighted by atomic mass is 10.1. The van der Waals surface area contributed by atoms with Crippen molar-refractivity contribution in [1.82, 2.24) is 5.32 Å². The normalized spacial score (nSPS) is 12.4. The number of hydrogen-bond donors (Lipinski definition) is 2. The Morgan fingerprint density at radius 1 is 1.58 bits per heavy atom. The molecule has 1 aromatic carbocycles. The lowest BCUT2D eigenvalue weighted by Gasteiger charge is -2.16. The highest BCUT2D eigenvalue weighted by molar-refractivity contribution is 6.31. The Bertz CT molecular complexity index is 408. The number of halogens is 2. The van der Waals surface area contributed by atoms with Crippen LogP contribution in [0.15, 0.2) is 18.2 Å². The molecule has 0 heterocycles. The van der Waals surface area contributed by atoms with Crippen molar-refractivity contribution in [1.29, 1.82) is 0 Å². The summed E-state index contributed by atoms with van der Waals surface area (Å²) >= 11 is 5.86. The van der Waals surface area contributed by atoms with Gasteiger partial charge in [0.2, 0.25) is 0 Å². The van der Waals surface area contributed by atoms with Crippen LogP contribution in [0.4, 0.5) is 4.39 Å². The Hall–Kier alpha value is -1.17. The summed E-state index contributed by atoms with van der Waals surface area (Å²) in [5.74, 6) is -1.79. The van der Waals surface area contributed by atoms with Crippen molar-refractivity contribution in [2.75, 3.05) is 19.8 Å². The summed E-state index contributed by atoms with van der Waals surface area (Å²) in [6.45, 7) is 3.43. The minimum Gasteiger partial charge on any atom is -0.480 e. The highest BCUT2D eigenvalue weighted by Gasteiger charge is 2.24. The molecule has 19 heavy (non-hydrogen) atoms. The second kappa shape index (κ2) is 8.09. The summed E-state index contributed by atoms with van der Waals surface area (Å²) in [4.78, 5) is 11.2. The summed E-state index contributed by atoms with van der Waals surface area (Å²) in [5, 5.41) is 12.0. The zero-order valence-electron chi connectivity index (χ0n) is 10.7. The summed E-state index contributed by atoms with van der Waals surface area (Å²) in [5.41, 5.74) is -0.0342. The topological polar surface area (TPSA) is 58.6 Å². The Labute approximate surface area is 116 Å². The number of carbonyl (C=O) groups is 1. The molecule has 0 radical (unpaired) electrons. The molecule has 1 atom stereocenters. The van der Waals surface area contributed by atoms with Crippen LogP contribution in [-0.2, 0) is 9.53 Å². The number of carboxylic acids is 1. The van der Waals surface area contributed by atoms with Crippen molar-refractivity contribution >= 4 is 17.6 Å². The van der Waals surface area contributed by atoms with Gasteiger partial charge in [-0.05, 0) is 32.0 Å². The monoisotopic (exact) mass is 289 g/mol. The molecule has 2 N–H and O–H groups in total. The Morgan fingerprint density at radius 2 is 2.32 bits per heavy atom. The number of hydrogen-bond acceptors (Lipinski definition) is 3. The fourth-order valence-corrected chi connectivity index (χ4v) is 1.94. The zero-order chi connectivity index (χ0) is 14.3. The molecule has 0 aromatic heterocycles. The van der Waals surface area contributed by atoms with Crippen LogP contribution in [0, 0.1) is 5.82 Å². The molecule has 1 rings (SSSR count). The molecule has 1 unspecified atom stereocenters. The van der Waals surface area contributed by atoms with E-state index in [-0.39, 0.29) is 10.6 Å². The predicted octanol–water partition coefficient (Wildman–Crippen LogP) is 2.62. The van der Waals surface area contributed by atoms with E-state index in [1.54, 1.807) is 0 Å². The second-order valence-corrected chi connectivity index (χ2v) is 4.32. The van der Waals surface area contributed by atoms with Crippen LogP contribution >= 0.6 is 11.6 Å². The highest BCUT2D eigenvalue weighted by Crippen LogP contribution is 2.26. The molecular formula is C13H17ClFNO3. The third-order valence-electron chi connectivity index (χ3n) is 2.55. The van der Waals surface area contributed by atoms with E-state index in [9.17, 15) is 9.18 Å². The maximum absolute atomic E-state index is 13.7. The third kappa shape index (κ3) is 4.78. The van der Waals surface area contributed by atoms with Gasteiger partial charge in [-0.1, -0.05) is 17.7 Å². The van der Waals surface area contributed by atoms with Crippen molar-refractivity contribution in [2.24, 2.45) is 0 Å². The number of nitrogens with one attached hydrogen (secondary N) is 1. The number of ether oxygens (including phenoxy) is 1. The molecule has 0 saturated heterocycles. The number of carboxylic acid groups (broad SMARTS) is 1. The molecule has 6 heteroatoms. The van der Waals surface area contributed by atoms with Crippen molar-refractivity contribution in [3.63, 3.8) is 0 Å². The van der Waals surface area contributed by atoms with Crippen LogP contribution in [0.3, 0.4) is 0 Å². The second-order valence-electron chi connectivity index (χ2n) is 3.91. The molecule has 0 aliphatic rings. The first-order chi connectivity index (χ1) is 9.07. The molecule has 0 bridgehead atoms. The maximum Gasteiger partial charge on any atom is 0.325 e. The van der Waals surface area contributed by atoms with Gasteiger partial charge in [-0.25, -0.2) is 4.39 Å². The largest absolute Gasteiger partial charge is 0.480 e. The zero-order valence-corrected chi connectivity index (χ0v) is 11.4. The number of rotatable bonds is 8. The van der Waals surface area contributed by atoms with Crippen molar-refractivity contribution in [3.05, 3.63) is 34.6 Å². The summed E-state index contributed by atoms with van der Waals surface area (Å²) in [7, 11) is 0. The minimum atomic E-state index is -1.16. The van der Waals surface area contributed by atoms with E-state index in [0.717, 1.165) is 0 Å². The molecule has 106 valence electrons. The van der Waals surface area contributed by atoms with Gasteiger partial charge in [0.1, 0.15) is 11.9 Å². The molecule has 1 aromatic rings. The van der Waals surface area contributed by atoms with Crippen molar-refractivity contribution < 1.29 is 19.0 Å². The van der Waals surface area contributed by atoms with Crippen LogP contribution in [0.25, 0.3) is 0 Å². The van der Waals surface area contributed by atoms with E-state index < -0.39 is 17.8 Å². The highest BCUT2D eigenvalue weighted by atomic mass is 35.5. The molecular weight excluding hydrogens is 273 g/mol. The summed E-state index contributed by atoms with van der Waals surface area (Å²) in [6.07, 6.45) is 0.643. The van der Waals surface area contributed by atoms with Crippen LogP contribution in [-0.4, -0.2) is 30.8 Å². The van der Waals surface area contributed by atoms with E-state index in [1.807, 2.05) is 6.92 Å². The molecule has 0 aliphatic carbocycles. The van der Waals surface area contributed by atoms with Crippen LogP contribution in [0.1, 0.15) is 24.9 Å². The van der Waals surface area contributed by atoms with Crippen LogP contribution in [0.2, 0.25) is 5.02 Å². The predicted molar refractivity (Wildman–Crippen MR) is 70.9 cm³/mol. The van der Waals surface area contributed by atoms with Gasteiger partial charge in [0.15, 0.2) is 0 Å². The molecule has 0 amide bonds. The first kappa shape index (κ1) is 15.9. The van der Waals surface area contributed by atoms with E-state index in [2.05, 4.69) is 5.32 Å².